The van der Waals surface area contributed by atoms with E-state index in [1.54, 1.807) is 29.2 Å². The van der Waals surface area contributed by atoms with E-state index in [0.717, 1.165) is 12.1 Å². The van der Waals surface area contributed by atoms with E-state index in [9.17, 15) is 14.4 Å². The predicted molar refractivity (Wildman–Crippen MR) is 117 cm³/mol. The van der Waals surface area contributed by atoms with Gasteiger partial charge >= 0.3 is 0 Å². The molecule has 1 atom stereocenters. The molecule has 0 aromatic heterocycles. The molecule has 2 N–H and O–H groups in total. The molecule has 1 heterocycles. The van der Waals surface area contributed by atoms with E-state index in [4.69, 9.17) is 0 Å². The van der Waals surface area contributed by atoms with E-state index >= 15 is 0 Å². The van der Waals surface area contributed by atoms with Gasteiger partial charge in [-0.1, -0.05) is 44.2 Å². The van der Waals surface area contributed by atoms with Crippen molar-refractivity contribution in [3.8, 4) is 0 Å². The van der Waals surface area contributed by atoms with E-state index in [0.29, 0.717) is 31.0 Å². The van der Waals surface area contributed by atoms with Crippen LogP contribution in [-0.2, 0) is 9.59 Å². The van der Waals surface area contributed by atoms with Crippen molar-refractivity contribution >= 4 is 23.4 Å². The van der Waals surface area contributed by atoms with Gasteiger partial charge in [-0.2, -0.15) is 0 Å². The highest BCUT2D eigenvalue weighted by Crippen LogP contribution is 2.23. The van der Waals surface area contributed by atoms with E-state index in [1.165, 1.54) is 5.56 Å². The molecular formula is C24H29N3O3. The lowest BCUT2D eigenvalue weighted by Crippen LogP contribution is -2.39. The molecule has 1 unspecified atom stereocenters. The highest BCUT2D eigenvalue weighted by Gasteiger charge is 2.22. The summed E-state index contributed by atoms with van der Waals surface area (Å²) in [6.45, 7) is 5.42. The number of nitrogens with zero attached hydrogens (tertiary/aromatic N) is 1. The minimum atomic E-state index is -0.312. The lowest BCUT2D eigenvalue weighted by Gasteiger charge is -2.22. The molecule has 3 rings (SSSR count). The second kappa shape index (κ2) is 10.1. The van der Waals surface area contributed by atoms with Crippen molar-refractivity contribution in [3.05, 3.63) is 65.7 Å². The second-order valence-corrected chi connectivity index (χ2v) is 7.94. The van der Waals surface area contributed by atoms with Gasteiger partial charge in [0.05, 0.1) is 6.54 Å². The largest absolute Gasteiger partial charge is 0.354 e. The van der Waals surface area contributed by atoms with Crippen molar-refractivity contribution in [1.29, 1.82) is 0 Å². The average molecular weight is 408 g/mol. The van der Waals surface area contributed by atoms with Crippen LogP contribution in [0.2, 0.25) is 0 Å². The Hall–Kier alpha value is -3.15. The number of rotatable bonds is 8. The maximum Gasteiger partial charge on any atom is 0.251 e. The van der Waals surface area contributed by atoms with Gasteiger partial charge in [0.25, 0.3) is 5.91 Å². The number of amides is 3. The number of carbonyl (C=O) groups is 3. The topological polar surface area (TPSA) is 78.5 Å². The second-order valence-electron chi connectivity index (χ2n) is 7.94. The van der Waals surface area contributed by atoms with Crippen LogP contribution in [0.5, 0.6) is 0 Å². The molecule has 30 heavy (non-hydrogen) atoms. The third kappa shape index (κ3) is 5.47. The molecule has 3 amide bonds. The van der Waals surface area contributed by atoms with Gasteiger partial charge in [0.1, 0.15) is 0 Å². The minimum Gasteiger partial charge on any atom is -0.354 e. The Kier molecular flexibility index (Phi) is 7.22. The Morgan fingerprint density at radius 2 is 1.70 bits per heavy atom. The quantitative estimate of drug-likeness (QED) is 0.706. The molecule has 0 aliphatic carbocycles. The van der Waals surface area contributed by atoms with E-state index < -0.39 is 0 Å². The molecule has 0 radical (unpaired) electrons. The zero-order valence-electron chi connectivity index (χ0n) is 17.6. The molecule has 6 heteroatoms. The Bertz CT molecular complexity index is 878. The van der Waals surface area contributed by atoms with Gasteiger partial charge in [-0.05, 0) is 42.2 Å². The Labute approximate surface area is 177 Å². The van der Waals surface area contributed by atoms with Crippen molar-refractivity contribution in [3.63, 3.8) is 0 Å². The first-order chi connectivity index (χ1) is 14.5. The lowest BCUT2D eigenvalue weighted by atomic mass is 9.88. The number of benzene rings is 2. The van der Waals surface area contributed by atoms with Crippen LogP contribution in [0, 0.1) is 5.92 Å². The van der Waals surface area contributed by atoms with Crippen LogP contribution in [-0.4, -0.2) is 37.4 Å². The smallest absolute Gasteiger partial charge is 0.251 e. The molecule has 0 bridgehead atoms. The number of carbonyl (C=O) groups excluding carboxylic acids is 3. The van der Waals surface area contributed by atoms with E-state index in [2.05, 4.69) is 36.6 Å². The van der Waals surface area contributed by atoms with E-state index in [-0.39, 0.29) is 30.2 Å². The van der Waals surface area contributed by atoms with Gasteiger partial charge in [-0.3, -0.25) is 14.4 Å². The van der Waals surface area contributed by atoms with E-state index in [1.807, 2.05) is 18.2 Å². The van der Waals surface area contributed by atoms with Crippen LogP contribution in [0.3, 0.4) is 0 Å². The first kappa shape index (κ1) is 21.6. The SMILES string of the molecule is CC(C)C(CNC(=O)CNC(=O)c1ccc(N2CCCC2=O)cc1)c1ccccc1. The fourth-order valence-electron chi connectivity index (χ4n) is 3.70. The average Bonchev–Trinajstić information content (AvgIpc) is 3.18. The number of hydrogen-bond acceptors (Lipinski definition) is 3. The zero-order chi connectivity index (χ0) is 21.5. The first-order valence-corrected chi connectivity index (χ1v) is 10.5. The first-order valence-electron chi connectivity index (χ1n) is 10.5. The predicted octanol–water partition coefficient (Wildman–Crippen LogP) is 3.10. The molecule has 2 aromatic rings. The van der Waals surface area contributed by atoms with Crippen molar-refractivity contribution in [1.82, 2.24) is 10.6 Å². The molecule has 158 valence electrons. The Morgan fingerprint density at radius 1 is 1.00 bits per heavy atom. The molecule has 1 aliphatic rings. The summed E-state index contributed by atoms with van der Waals surface area (Å²) in [5.41, 5.74) is 2.45. The van der Waals surface area contributed by atoms with Crippen LogP contribution in [0.4, 0.5) is 5.69 Å². The lowest BCUT2D eigenvalue weighted by molar-refractivity contribution is -0.120. The van der Waals surface area contributed by atoms with Crippen LogP contribution < -0.4 is 15.5 Å². The fourth-order valence-corrected chi connectivity index (χ4v) is 3.70. The molecule has 1 aliphatic heterocycles. The van der Waals surface area contributed by atoms with Crippen molar-refractivity contribution in [2.75, 3.05) is 24.5 Å². The maximum absolute atomic E-state index is 12.3. The van der Waals surface area contributed by atoms with Gasteiger partial charge in [-0.15, -0.1) is 0 Å². The summed E-state index contributed by atoms with van der Waals surface area (Å²) >= 11 is 0. The monoisotopic (exact) mass is 407 g/mol. The van der Waals surface area contributed by atoms with Crippen molar-refractivity contribution < 1.29 is 14.4 Å². The fraction of sp³-hybridized carbons (Fsp3) is 0.375. The Balaban J connectivity index is 1.48. The summed E-state index contributed by atoms with van der Waals surface area (Å²) in [5, 5.41) is 5.58. The van der Waals surface area contributed by atoms with Crippen molar-refractivity contribution in [2.24, 2.45) is 5.92 Å². The normalized spacial score (nSPS) is 14.6. The van der Waals surface area contributed by atoms with Gasteiger partial charge in [0.15, 0.2) is 0 Å². The zero-order valence-corrected chi connectivity index (χ0v) is 17.6. The number of nitrogens with one attached hydrogen (secondary N) is 2. The third-order valence-corrected chi connectivity index (χ3v) is 5.48. The minimum absolute atomic E-state index is 0.0786. The molecule has 1 saturated heterocycles. The third-order valence-electron chi connectivity index (χ3n) is 5.48. The summed E-state index contributed by atoms with van der Waals surface area (Å²) in [6.07, 6.45) is 1.43. The maximum atomic E-state index is 12.3. The Morgan fingerprint density at radius 3 is 2.30 bits per heavy atom. The number of anilines is 1. The van der Waals surface area contributed by atoms with Crippen LogP contribution >= 0.6 is 0 Å². The van der Waals surface area contributed by atoms with Gasteiger partial charge in [-0.25, -0.2) is 0 Å². The summed E-state index contributed by atoms with van der Waals surface area (Å²) in [4.78, 5) is 38.1. The molecule has 6 nitrogen and oxygen atoms in total. The van der Waals surface area contributed by atoms with Crippen LogP contribution in [0.15, 0.2) is 54.6 Å². The van der Waals surface area contributed by atoms with Crippen LogP contribution in [0.25, 0.3) is 0 Å². The van der Waals surface area contributed by atoms with Gasteiger partial charge in [0, 0.05) is 36.7 Å². The standard InChI is InChI=1S/C24H29N3O3/c1-17(2)21(18-7-4-3-5-8-18)15-25-22(28)16-26-24(30)19-10-12-20(13-11-19)27-14-6-9-23(27)29/h3-5,7-8,10-13,17,21H,6,9,14-16H2,1-2H3,(H,25,28)(H,26,30). The molecule has 2 aromatic carbocycles. The molecule has 0 saturated carbocycles. The molecular weight excluding hydrogens is 378 g/mol. The van der Waals surface area contributed by atoms with Gasteiger partial charge < -0.3 is 15.5 Å². The highest BCUT2D eigenvalue weighted by molar-refractivity contribution is 5.98. The van der Waals surface area contributed by atoms with Crippen LogP contribution in [0.1, 0.15) is 48.5 Å². The molecule has 1 fully saturated rings. The molecule has 0 spiro atoms. The summed E-state index contributed by atoms with van der Waals surface area (Å²) in [7, 11) is 0. The number of hydrogen-bond donors (Lipinski definition) is 2. The summed E-state index contributed by atoms with van der Waals surface area (Å²) in [6, 6.07) is 17.0. The van der Waals surface area contributed by atoms with Gasteiger partial charge in [0.2, 0.25) is 11.8 Å². The van der Waals surface area contributed by atoms with Crippen molar-refractivity contribution in [2.45, 2.75) is 32.6 Å². The highest BCUT2D eigenvalue weighted by atomic mass is 16.2. The summed E-state index contributed by atoms with van der Waals surface area (Å²) in [5.74, 6) is 0.172. The summed E-state index contributed by atoms with van der Waals surface area (Å²) < 4.78 is 0.